The third-order valence-electron chi connectivity index (χ3n) is 2.91. The second kappa shape index (κ2) is 6.08. The van der Waals surface area contributed by atoms with Gasteiger partial charge in [-0.3, -0.25) is 4.79 Å². The van der Waals surface area contributed by atoms with E-state index in [0.29, 0.717) is 18.2 Å². The third-order valence-corrected chi connectivity index (χ3v) is 3.32. The molecule has 0 fully saturated rings. The van der Waals surface area contributed by atoms with Gasteiger partial charge < -0.3 is 14.5 Å². The summed E-state index contributed by atoms with van der Waals surface area (Å²) < 4.78 is 10.3. The zero-order valence-corrected chi connectivity index (χ0v) is 11.7. The SMILES string of the molecule is COCCNC(=O)Cc1coc2cc(C)c(Cl)cc12. The minimum atomic E-state index is -0.0588. The van der Waals surface area contributed by atoms with Gasteiger partial charge in [0.15, 0.2) is 0 Å². The van der Waals surface area contributed by atoms with Crippen LogP contribution >= 0.6 is 11.6 Å². The summed E-state index contributed by atoms with van der Waals surface area (Å²) in [6.07, 6.45) is 1.88. The number of carbonyl (C=O) groups excluding carboxylic acids is 1. The Bertz CT molecular complexity index is 592. The molecule has 19 heavy (non-hydrogen) atoms. The number of hydrogen-bond donors (Lipinski definition) is 1. The van der Waals surface area contributed by atoms with E-state index in [1.54, 1.807) is 13.4 Å². The van der Waals surface area contributed by atoms with Crippen molar-refractivity contribution in [3.05, 3.63) is 34.5 Å². The Morgan fingerprint density at radius 1 is 1.47 bits per heavy atom. The molecule has 0 saturated carbocycles. The lowest BCUT2D eigenvalue weighted by Gasteiger charge is -2.03. The molecule has 0 unspecified atom stereocenters. The van der Waals surface area contributed by atoms with Crippen molar-refractivity contribution in [1.82, 2.24) is 5.32 Å². The summed E-state index contributed by atoms with van der Waals surface area (Å²) in [5.41, 5.74) is 2.55. The molecule has 0 bridgehead atoms. The van der Waals surface area contributed by atoms with Gasteiger partial charge in [0.25, 0.3) is 0 Å². The second-order valence-corrected chi connectivity index (χ2v) is 4.79. The molecule has 1 heterocycles. The van der Waals surface area contributed by atoms with Crippen LogP contribution in [0.5, 0.6) is 0 Å². The van der Waals surface area contributed by atoms with Gasteiger partial charge in [0, 0.05) is 29.6 Å². The highest BCUT2D eigenvalue weighted by Gasteiger charge is 2.11. The van der Waals surface area contributed by atoms with Crippen molar-refractivity contribution in [3.63, 3.8) is 0 Å². The minimum Gasteiger partial charge on any atom is -0.464 e. The van der Waals surface area contributed by atoms with Gasteiger partial charge in [-0.1, -0.05) is 11.6 Å². The molecule has 5 heteroatoms. The Kier molecular flexibility index (Phi) is 4.45. The molecule has 1 aromatic carbocycles. The molecule has 1 N–H and O–H groups in total. The summed E-state index contributed by atoms with van der Waals surface area (Å²) >= 11 is 6.10. The molecule has 0 saturated heterocycles. The summed E-state index contributed by atoms with van der Waals surface area (Å²) in [4.78, 5) is 11.7. The number of furan rings is 1. The maximum absolute atomic E-state index is 11.7. The van der Waals surface area contributed by atoms with Gasteiger partial charge in [-0.05, 0) is 24.6 Å². The number of methoxy groups -OCH3 is 1. The van der Waals surface area contributed by atoms with E-state index in [-0.39, 0.29) is 12.3 Å². The first-order valence-corrected chi connectivity index (χ1v) is 6.41. The summed E-state index contributed by atoms with van der Waals surface area (Å²) in [5, 5.41) is 4.34. The first kappa shape index (κ1) is 13.9. The molecule has 0 spiro atoms. The Hall–Kier alpha value is -1.52. The van der Waals surface area contributed by atoms with Crippen LogP contribution in [-0.2, 0) is 16.0 Å². The average molecular weight is 282 g/mol. The van der Waals surface area contributed by atoms with Crippen molar-refractivity contribution < 1.29 is 13.9 Å². The Morgan fingerprint density at radius 2 is 2.26 bits per heavy atom. The van der Waals surface area contributed by atoms with E-state index in [0.717, 1.165) is 22.1 Å². The van der Waals surface area contributed by atoms with Crippen molar-refractivity contribution in [2.45, 2.75) is 13.3 Å². The number of ether oxygens (including phenoxy) is 1. The van der Waals surface area contributed by atoms with Crippen LogP contribution in [0.15, 0.2) is 22.8 Å². The van der Waals surface area contributed by atoms with Gasteiger partial charge in [-0.2, -0.15) is 0 Å². The van der Waals surface area contributed by atoms with E-state index in [4.69, 9.17) is 20.8 Å². The summed E-state index contributed by atoms with van der Waals surface area (Å²) in [6, 6.07) is 3.72. The van der Waals surface area contributed by atoms with Crippen molar-refractivity contribution >= 4 is 28.5 Å². The van der Waals surface area contributed by atoms with Gasteiger partial charge in [-0.15, -0.1) is 0 Å². The number of aryl methyl sites for hydroxylation is 1. The van der Waals surface area contributed by atoms with Crippen molar-refractivity contribution in [2.75, 3.05) is 20.3 Å². The lowest BCUT2D eigenvalue weighted by Crippen LogP contribution is -2.28. The van der Waals surface area contributed by atoms with Crippen molar-refractivity contribution in [2.24, 2.45) is 0 Å². The standard InChI is InChI=1S/C14H16ClNO3/c1-9-5-13-11(7-12(9)15)10(8-19-13)6-14(17)16-3-4-18-2/h5,7-8H,3-4,6H2,1-2H3,(H,16,17). The highest BCUT2D eigenvalue weighted by atomic mass is 35.5. The first-order valence-electron chi connectivity index (χ1n) is 6.03. The molecule has 0 aliphatic rings. The summed E-state index contributed by atoms with van der Waals surface area (Å²) in [6.45, 7) is 2.93. The number of rotatable bonds is 5. The van der Waals surface area contributed by atoms with Crippen LogP contribution in [0.25, 0.3) is 11.0 Å². The van der Waals surface area contributed by atoms with Crippen molar-refractivity contribution in [3.8, 4) is 0 Å². The predicted octanol–water partition coefficient (Wildman–Crippen LogP) is 2.70. The summed E-state index contributed by atoms with van der Waals surface area (Å²) in [5.74, 6) is -0.0588. The zero-order valence-electron chi connectivity index (χ0n) is 11.0. The smallest absolute Gasteiger partial charge is 0.224 e. The Balaban J connectivity index is 2.13. The maximum Gasteiger partial charge on any atom is 0.224 e. The fraction of sp³-hybridized carbons (Fsp3) is 0.357. The molecule has 4 nitrogen and oxygen atoms in total. The number of benzene rings is 1. The van der Waals surface area contributed by atoms with Crippen LogP contribution in [0.2, 0.25) is 5.02 Å². The fourth-order valence-electron chi connectivity index (χ4n) is 1.87. The van der Waals surface area contributed by atoms with Crippen molar-refractivity contribution in [1.29, 1.82) is 0 Å². The van der Waals surface area contributed by atoms with Crippen LogP contribution in [0, 0.1) is 6.92 Å². The quantitative estimate of drug-likeness (QED) is 0.858. The lowest BCUT2D eigenvalue weighted by atomic mass is 10.1. The highest BCUT2D eigenvalue weighted by molar-refractivity contribution is 6.32. The van der Waals surface area contributed by atoms with Gasteiger partial charge in [0.1, 0.15) is 5.58 Å². The van der Waals surface area contributed by atoms with E-state index in [1.807, 2.05) is 19.1 Å². The number of halogens is 1. The molecule has 1 amide bonds. The van der Waals surface area contributed by atoms with E-state index < -0.39 is 0 Å². The number of hydrogen-bond acceptors (Lipinski definition) is 3. The monoisotopic (exact) mass is 281 g/mol. The lowest BCUT2D eigenvalue weighted by molar-refractivity contribution is -0.120. The second-order valence-electron chi connectivity index (χ2n) is 4.38. The molecule has 2 rings (SSSR count). The zero-order chi connectivity index (χ0) is 13.8. The first-order chi connectivity index (χ1) is 9.11. The van der Waals surface area contributed by atoms with Crippen LogP contribution in [0.1, 0.15) is 11.1 Å². The minimum absolute atomic E-state index is 0.0588. The maximum atomic E-state index is 11.7. The third kappa shape index (κ3) is 3.28. The fourth-order valence-corrected chi connectivity index (χ4v) is 2.03. The topological polar surface area (TPSA) is 51.5 Å². The molecule has 2 aromatic rings. The average Bonchev–Trinajstić information content (AvgIpc) is 2.73. The van der Waals surface area contributed by atoms with E-state index in [2.05, 4.69) is 5.32 Å². The number of nitrogens with one attached hydrogen (secondary N) is 1. The molecular formula is C14H16ClNO3. The molecule has 102 valence electrons. The van der Waals surface area contributed by atoms with Crippen LogP contribution in [0.4, 0.5) is 0 Å². The predicted molar refractivity (Wildman–Crippen MR) is 74.6 cm³/mol. The molecule has 0 radical (unpaired) electrons. The van der Waals surface area contributed by atoms with Crippen LogP contribution in [-0.4, -0.2) is 26.2 Å². The van der Waals surface area contributed by atoms with E-state index in [9.17, 15) is 4.79 Å². The molecule has 1 aromatic heterocycles. The largest absolute Gasteiger partial charge is 0.464 e. The highest BCUT2D eigenvalue weighted by Crippen LogP contribution is 2.27. The van der Waals surface area contributed by atoms with Gasteiger partial charge >= 0.3 is 0 Å². The van der Waals surface area contributed by atoms with E-state index in [1.165, 1.54) is 0 Å². The molecular weight excluding hydrogens is 266 g/mol. The molecule has 0 aliphatic carbocycles. The van der Waals surface area contributed by atoms with Crippen LogP contribution in [0.3, 0.4) is 0 Å². The Morgan fingerprint density at radius 3 is 3.00 bits per heavy atom. The van der Waals surface area contributed by atoms with E-state index >= 15 is 0 Å². The molecule has 0 atom stereocenters. The van der Waals surface area contributed by atoms with Crippen LogP contribution < -0.4 is 5.32 Å². The number of fused-ring (bicyclic) bond motifs is 1. The Labute approximate surface area is 116 Å². The van der Waals surface area contributed by atoms with Gasteiger partial charge in [-0.25, -0.2) is 0 Å². The normalized spacial score (nSPS) is 10.9. The molecule has 0 aliphatic heterocycles. The van der Waals surface area contributed by atoms with Gasteiger partial charge in [0.2, 0.25) is 5.91 Å². The number of amides is 1. The van der Waals surface area contributed by atoms with Gasteiger partial charge in [0.05, 0.1) is 19.3 Å². The summed E-state index contributed by atoms with van der Waals surface area (Å²) in [7, 11) is 1.60. The number of carbonyl (C=O) groups is 1.